The molecule has 0 heterocycles. The van der Waals surface area contributed by atoms with Crippen LogP contribution in [0.4, 0.5) is 0 Å². The zero-order chi connectivity index (χ0) is 18.6. The first-order valence-electron chi connectivity index (χ1n) is 8.38. The second-order valence-electron chi connectivity index (χ2n) is 7.30. The molecule has 3 rings (SSSR count). The topological polar surface area (TPSA) is 116 Å². The summed E-state index contributed by atoms with van der Waals surface area (Å²) in [6.45, 7) is 5.72. The number of rotatable bonds is 6. The van der Waals surface area contributed by atoms with Crippen LogP contribution in [0.5, 0.6) is 0 Å². The Kier molecular flexibility index (Phi) is 4.32. The normalized spacial score (nSPS) is 27.9. The van der Waals surface area contributed by atoms with Gasteiger partial charge in [0.1, 0.15) is 5.60 Å². The average Bonchev–Trinajstić information content (AvgIpc) is 3.30. The molecule has 7 nitrogen and oxygen atoms in total. The van der Waals surface area contributed by atoms with E-state index in [4.69, 9.17) is 5.21 Å². The Morgan fingerprint density at radius 2 is 1.92 bits per heavy atom. The van der Waals surface area contributed by atoms with Crippen LogP contribution >= 0.6 is 0 Å². The van der Waals surface area contributed by atoms with Crippen LogP contribution in [-0.4, -0.2) is 36.7 Å². The highest BCUT2D eigenvalue weighted by atomic mass is 32.2. The van der Waals surface area contributed by atoms with Gasteiger partial charge in [0.25, 0.3) is 10.2 Å². The maximum atomic E-state index is 12.8. The van der Waals surface area contributed by atoms with E-state index in [2.05, 4.69) is 4.72 Å². The van der Waals surface area contributed by atoms with Crippen molar-refractivity contribution >= 4 is 16.0 Å². The number of nitrogens with one attached hydrogen (secondary N) is 2. The first-order chi connectivity index (χ1) is 11.6. The molecule has 1 atom stereocenters. The Bertz CT molecular complexity index is 829. The third kappa shape index (κ3) is 2.72. The number of hydrogen-bond donors (Lipinski definition) is 4. The van der Waals surface area contributed by atoms with Crippen molar-refractivity contribution in [2.24, 2.45) is 5.41 Å². The van der Waals surface area contributed by atoms with E-state index in [1.165, 1.54) is 4.89 Å². The molecule has 0 radical (unpaired) electrons. The Morgan fingerprint density at radius 3 is 2.48 bits per heavy atom. The third-order valence-corrected chi connectivity index (χ3v) is 6.71. The van der Waals surface area contributed by atoms with Crippen molar-refractivity contribution in [3.05, 3.63) is 33.9 Å². The number of Topliss-reactive ketones (excluding diaryl/α,β-unsaturated/α-hetero) is 1. The summed E-state index contributed by atoms with van der Waals surface area (Å²) in [5.74, 6) is -0.217. The monoisotopic (exact) mass is 368 g/mol. The standard InChI is InChI=1S/C17H24N2O5S/c1-10-9-13-14(12(10)5-4-8-18-25(23,24)19-22)11(2)17(6-7-17)16(3,21)15(13)20/h9,18-19,21-22H,4-8H2,1-3H3/t16-/m0/s1. The van der Waals surface area contributed by atoms with Gasteiger partial charge < -0.3 is 10.3 Å². The van der Waals surface area contributed by atoms with Crippen LogP contribution in [0.2, 0.25) is 0 Å². The summed E-state index contributed by atoms with van der Waals surface area (Å²) >= 11 is 0. The molecule has 25 heavy (non-hydrogen) atoms. The second kappa shape index (κ2) is 5.85. The lowest BCUT2D eigenvalue weighted by Crippen LogP contribution is -2.49. The van der Waals surface area contributed by atoms with Crippen LogP contribution in [0.25, 0.3) is 0 Å². The Balaban J connectivity index is 1.82. The molecule has 3 aliphatic carbocycles. The summed E-state index contributed by atoms with van der Waals surface area (Å²) in [5, 5.41) is 19.3. The highest BCUT2D eigenvalue weighted by Gasteiger charge is 2.64. The van der Waals surface area contributed by atoms with Crippen molar-refractivity contribution in [1.29, 1.82) is 0 Å². The minimum absolute atomic E-state index is 0.172. The molecular weight excluding hydrogens is 344 g/mol. The number of aliphatic hydroxyl groups is 1. The van der Waals surface area contributed by atoms with E-state index in [9.17, 15) is 18.3 Å². The van der Waals surface area contributed by atoms with Gasteiger partial charge in [-0.2, -0.15) is 8.42 Å². The van der Waals surface area contributed by atoms with E-state index in [1.54, 1.807) is 6.92 Å². The molecule has 8 heteroatoms. The van der Waals surface area contributed by atoms with Gasteiger partial charge in [0.05, 0.1) is 0 Å². The van der Waals surface area contributed by atoms with Gasteiger partial charge in [-0.3, -0.25) is 4.79 Å². The summed E-state index contributed by atoms with van der Waals surface area (Å²) in [7, 11) is -3.87. The first-order valence-corrected chi connectivity index (χ1v) is 9.87. The Morgan fingerprint density at radius 1 is 1.28 bits per heavy atom. The van der Waals surface area contributed by atoms with E-state index in [-0.39, 0.29) is 12.3 Å². The number of ketones is 1. The van der Waals surface area contributed by atoms with E-state index >= 15 is 0 Å². The number of allylic oxidation sites excluding steroid dienone is 4. The van der Waals surface area contributed by atoms with Gasteiger partial charge in [-0.1, -0.05) is 10.5 Å². The van der Waals surface area contributed by atoms with Gasteiger partial charge in [0, 0.05) is 17.5 Å². The molecular formula is C17H24N2O5S. The smallest absolute Gasteiger partial charge is 0.298 e. The highest BCUT2D eigenvalue weighted by molar-refractivity contribution is 7.87. The SMILES string of the molecule is CC1=C(CCCNS(=O)(=O)NO)C2=C(C)C3(CC3)[C@@](C)(O)C(=O)C2=C1. The van der Waals surface area contributed by atoms with Gasteiger partial charge in [-0.25, -0.2) is 4.72 Å². The van der Waals surface area contributed by atoms with E-state index in [1.807, 2.05) is 19.9 Å². The molecule has 0 aromatic heterocycles. The number of carbonyl (C=O) groups is 1. The average molecular weight is 368 g/mol. The molecule has 0 unspecified atom stereocenters. The van der Waals surface area contributed by atoms with Crippen molar-refractivity contribution in [3.8, 4) is 0 Å². The lowest BCUT2D eigenvalue weighted by Gasteiger charge is -2.39. The quantitative estimate of drug-likeness (QED) is 0.416. The van der Waals surface area contributed by atoms with Crippen molar-refractivity contribution in [3.63, 3.8) is 0 Å². The van der Waals surface area contributed by atoms with Gasteiger partial charge in [-0.15, -0.1) is 0 Å². The summed E-state index contributed by atoms with van der Waals surface area (Å²) in [6.07, 6.45) is 4.59. The van der Waals surface area contributed by atoms with E-state index < -0.39 is 21.2 Å². The number of carbonyl (C=O) groups excluding carboxylic acids is 1. The van der Waals surface area contributed by atoms with Crippen LogP contribution in [-0.2, 0) is 15.0 Å². The zero-order valence-electron chi connectivity index (χ0n) is 14.6. The largest absolute Gasteiger partial charge is 0.381 e. The zero-order valence-corrected chi connectivity index (χ0v) is 15.5. The molecule has 0 bridgehead atoms. The maximum absolute atomic E-state index is 12.8. The lowest BCUT2D eigenvalue weighted by atomic mass is 9.67. The van der Waals surface area contributed by atoms with Crippen LogP contribution in [0.3, 0.4) is 0 Å². The summed E-state index contributed by atoms with van der Waals surface area (Å²) in [5.41, 5.74) is 2.79. The van der Waals surface area contributed by atoms with E-state index in [0.29, 0.717) is 18.4 Å². The summed E-state index contributed by atoms with van der Waals surface area (Å²) in [4.78, 5) is 14.0. The fourth-order valence-corrected chi connectivity index (χ4v) is 4.72. The molecule has 0 aromatic rings. The van der Waals surface area contributed by atoms with E-state index in [0.717, 1.165) is 35.1 Å². The molecule has 0 amide bonds. The molecule has 0 saturated heterocycles. The predicted molar refractivity (Wildman–Crippen MR) is 91.9 cm³/mol. The van der Waals surface area contributed by atoms with Gasteiger partial charge in [0.15, 0.2) is 5.78 Å². The number of fused-ring (bicyclic) bond motifs is 1. The fraction of sp³-hybridized carbons (Fsp3) is 0.588. The first kappa shape index (κ1) is 18.5. The van der Waals surface area contributed by atoms with Crippen LogP contribution in [0, 0.1) is 5.41 Å². The van der Waals surface area contributed by atoms with Crippen molar-refractivity contribution in [2.45, 2.75) is 52.1 Å². The van der Waals surface area contributed by atoms with Gasteiger partial charge in [-0.05, 0) is 69.2 Å². The summed E-state index contributed by atoms with van der Waals surface area (Å²) in [6, 6.07) is 0. The maximum Gasteiger partial charge on any atom is 0.298 e. The highest BCUT2D eigenvalue weighted by Crippen LogP contribution is 2.65. The van der Waals surface area contributed by atoms with Gasteiger partial charge in [0.2, 0.25) is 0 Å². The predicted octanol–water partition coefficient (Wildman–Crippen LogP) is 1.27. The summed E-state index contributed by atoms with van der Waals surface area (Å²) < 4.78 is 24.6. The molecule has 1 spiro atoms. The molecule has 0 aromatic carbocycles. The van der Waals surface area contributed by atoms with Crippen molar-refractivity contribution in [1.82, 2.24) is 9.61 Å². The lowest BCUT2D eigenvalue weighted by molar-refractivity contribution is -0.137. The Labute approximate surface area is 147 Å². The van der Waals surface area contributed by atoms with Gasteiger partial charge >= 0.3 is 0 Å². The van der Waals surface area contributed by atoms with Crippen LogP contribution in [0.15, 0.2) is 33.9 Å². The van der Waals surface area contributed by atoms with Crippen LogP contribution in [0.1, 0.15) is 46.5 Å². The number of hydrogen-bond acceptors (Lipinski definition) is 5. The minimum Gasteiger partial charge on any atom is -0.381 e. The van der Waals surface area contributed by atoms with Crippen molar-refractivity contribution in [2.75, 3.05) is 6.54 Å². The molecule has 3 aliphatic rings. The molecule has 1 fully saturated rings. The Hall–Kier alpha value is -1.32. The fourth-order valence-electron chi connectivity index (χ4n) is 4.24. The second-order valence-corrected chi connectivity index (χ2v) is 8.77. The molecule has 4 N–H and O–H groups in total. The third-order valence-electron chi connectivity index (χ3n) is 5.89. The van der Waals surface area contributed by atoms with Crippen LogP contribution < -0.4 is 9.61 Å². The molecule has 0 aliphatic heterocycles. The minimum atomic E-state index is -3.87. The molecule has 138 valence electrons. The van der Waals surface area contributed by atoms with Crippen molar-refractivity contribution < 1.29 is 23.5 Å². The molecule has 1 saturated carbocycles.